The van der Waals surface area contributed by atoms with Gasteiger partial charge in [0.2, 0.25) is 5.76 Å². The van der Waals surface area contributed by atoms with Crippen LogP contribution in [0.15, 0.2) is 10.6 Å². The fourth-order valence-corrected chi connectivity index (χ4v) is 1.64. The Labute approximate surface area is 129 Å². The van der Waals surface area contributed by atoms with Crippen LogP contribution >= 0.6 is 0 Å². The van der Waals surface area contributed by atoms with Gasteiger partial charge in [0.1, 0.15) is 0 Å². The van der Waals surface area contributed by atoms with Crippen molar-refractivity contribution in [1.82, 2.24) is 5.16 Å². The van der Waals surface area contributed by atoms with E-state index >= 15 is 0 Å². The minimum atomic E-state index is -5.97. The van der Waals surface area contributed by atoms with E-state index in [0.29, 0.717) is 0 Å². The molecule has 1 aromatic rings. The van der Waals surface area contributed by atoms with Crippen LogP contribution in [0.3, 0.4) is 0 Å². The second-order valence-electron chi connectivity index (χ2n) is 4.80. The Morgan fingerprint density at radius 3 is 2.12 bits per heavy atom. The largest absolute Gasteiger partial charge is 0.461 e. The van der Waals surface area contributed by atoms with Crippen molar-refractivity contribution in [3.8, 4) is 6.07 Å². The van der Waals surface area contributed by atoms with Gasteiger partial charge in [-0.25, -0.2) is 6.57 Å². The molecule has 12 heteroatoms. The van der Waals surface area contributed by atoms with Gasteiger partial charge < -0.3 is 4.52 Å². The van der Waals surface area contributed by atoms with E-state index in [-0.39, 0.29) is 6.07 Å². The van der Waals surface area contributed by atoms with E-state index in [4.69, 9.17) is 11.8 Å². The third-order valence-corrected chi connectivity index (χ3v) is 2.94. The predicted octanol–water partition coefficient (Wildman–Crippen LogP) is 4.40. The van der Waals surface area contributed by atoms with Crippen molar-refractivity contribution < 1.29 is 39.6 Å². The first-order valence-electron chi connectivity index (χ1n) is 6.03. The SMILES string of the molecule is [C-]#[N+]C(C#N)(CCC(F)(F)F)Cc1cc(C(F)(F)C(F)(F)F)on1. The van der Waals surface area contributed by atoms with E-state index < -0.39 is 54.5 Å². The number of rotatable bonds is 5. The highest BCUT2D eigenvalue weighted by Gasteiger charge is 2.61. The molecular formula is C12H7F8N3O. The van der Waals surface area contributed by atoms with Crippen LogP contribution in [-0.2, 0) is 12.3 Å². The lowest BCUT2D eigenvalue weighted by molar-refractivity contribution is -0.296. The number of nitriles is 1. The number of halogens is 8. The zero-order valence-electron chi connectivity index (χ0n) is 11.5. The summed E-state index contributed by atoms with van der Waals surface area (Å²) in [5.41, 5.74) is -2.97. The summed E-state index contributed by atoms with van der Waals surface area (Å²) in [7, 11) is 0. The van der Waals surface area contributed by atoms with E-state index in [0.717, 1.165) is 0 Å². The molecule has 1 aromatic heterocycles. The van der Waals surface area contributed by atoms with Crippen molar-refractivity contribution in [3.63, 3.8) is 0 Å². The van der Waals surface area contributed by atoms with Gasteiger partial charge in [-0.3, -0.25) is 4.85 Å². The van der Waals surface area contributed by atoms with Gasteiger partial charge in [-0.2, -0.15) is 40.4 Å². The number of hydrogen-bond acceptors (Lipinski definition) is 3. The van der Waals surface area contributed by atoms with Crippen LogP contribution in [-0.4, -0.2) is 23.0 Å². The maximum absolute atomic E-state index is 13.0. The van der Waals surface area contributed by atoms with Crippen LogP contribution in [0.4, 0.5) is 35.1 Å². The van der Waals surface area contributed by atoms with Gasteiger partial charge in [0, 0.05) is 12.5 Å². The Morgan fingerprint density at radius 2 is 1.71 bits per heavy atom. The molecule has 0 N–H and O–H groups in total. The fraction of sp³-hybridized carbons (Fsp3) is 0.583. The zero-order chi connectivity index (χ0) is 18.8. The van der Waals surface area contributed by atoms with Gasteiger partial charge in [-0.15, -0.1) is 0 Å². The van der Waals surface area contributed by atoms with Crippen molar-refractivity contribution in [2.75, 3.05) is 0 Å². The monoisotopic (exact) mass is 361 g/mol. The Hall–Kier alpha value is -2.37. The quantitative estimate of drug-likeness (QED) is 0.577. The van der Waals surface area contributed by atoms with Gasteiger partial charge >= 0.3 is 23.8 Å². The molecule has 1 heterocycles. The molecule has 0 bridgehead atoms. The first-order valence-corrected chi connectivity index (χ1v) is 6.03. The van der Waals surface area contributed by atoms with Gasteiger partial charge in [-0.1, -0.05) is 5.16 Å². The highest BCUT2D eigenvalue weighted by atomic mass is 19.4. The first-order chi connectivity index (χ1) is 10.8. The second-order valence-corrected chi connectivity index (χ2v) is 4.80. The van der Waals surface area contributed by atoms with E-state index in [1.165, 1.54) is 6.07 Å². The van der Waals surface area contributed by atoms with Crippen molar-refractivity contribution in [2.45, 2.75) is 43.1 Å². The maximum Gasteiger partial charge on any atom is 0.461 e. The fourth-order valence-electron chi connectivity index (χ4n) is 1.64. The van der Waals surface area contributed by atoms with Gasteiger partial charge in [-0.05, 0) is 0 Å². The minimum Gasteiger partial charge on any atom is -0.354 e. The molecule has 1 atom stereocenters. The topological polar surface area (TPSA) is 54.2 Å². The lowest BCUT2D eigenvalue weighted by Gasteiger charge is -2.15. The van der Waals surface area contributed by atoms with E-state index in [2.05, 4.69) is 14.5 Å². The van der Waals surface area contributed by atoms with E-state index in [1.807, 2.05) is 0 Å². The number of nitrogens with zero attached hydrogens (tertiary/aromatic N) is 3. The molecule has 1 rings (SSSR count). The second kappa shape index (κ2) is 6.26. The van der Waals surface area contributed by atoms with Crippen LogP contribution in [0.25, 0.3) is 4.85 Å². The summed E-state index contributed by atoms with van der Waals surface area (Å²) in [4.78, 5) is 2.75. The molecule has 0 fully saturated rings. The lowest BCUT2D eigenvalue weighted by Crippen LogP contribution is -2.33. The molecular weight excluding hydrogens is 354 g/mol. The molecule has 0 aromatic carbocycles. The Bertz CT molecular complexity index is 648. The van der Waals surface area contributed by atoms with Crippen LogP contribution in [0.1, 0.15) is 24.3 Å². The molecule has 0 spiro atoms. The minimum absolute atomic E-state index is 0.165. The van der Waals surface area contributed by atoms with Crippen molar-refractivity contribution in [3.05, 3.63) is 28.9 Å². The van der Waals surface area contributed by atoms with E-state index in [9.17, 15) is 35.1 Å². The normalized spacial score (nSPS) is 15.4. The van der Waals surface area contributed by atoms with Crippen LogP contribution in [0.5, 0.6) is 0 Å². The molecule has 4 nitrogen and oxygen atoms in total. The Morgan fingerprint density at radius 1 is 1.12 bits per heavy atom. The van der Waals surface area contributed by atoms with Gasteiger partial charge in [0.25, 0.3) is 0 Å². The van der Waals surface area contributed by atoms with Crippen LogP contribution in [0.2, 0.25) is 0 Å². The molecule has 132 valence electrons. The summed E-state index contributed by atoms with van der Waals surface area (Å²) < 4.78 is 103. The van der Waals surface area contributed by atoms with Crippen molar-refractivity contribution >= 4 is 0 Å². The van der Waals surface area contributed by atoms with Gasteiger partial charge in [0.05, 0.1) is 18.5 Å². The highest BCUT2D eigenvalue weighted by molar-refractivity contribution is 5.23. The highest BCUT2D eigenvalue weighted by Crippen LogP contribution is 2.44. The molecule has 0 amide bonds. The molecule has 0 saturated carbocycles. The summed E-state index contributed by atoms with van der Waals surface area (Å²) >= 11 is 0. The number of hydrogen-bond donors (Lipinski definition) is 0. The van der Waals surface area contributed by atoms with Crippen molar-refractivity contribution in [2.24, 2.45) is 0 Å². The molecule has 0 aliphatic carbocycles. The molecule has 0 aliphatic heterocycles. The summed E-state index contributed by atoms with van der Waals surface area (Å²) in [6, 6.07) is 1.48. The van der Waals surface area contributed by atoms with Crippen LogP contribution < -0.4 is 0 Å². The standard InChI is InChI=1S/C12H7F8N3O/c1-22-9(6-21,2-3-10(13,14)15)5-7-4-8(24-23-7)11(16,17)12(18,19)20/h4H,2-3,5H2. The van der Waals surface area contributed by atoms with Crippen LogP contribution in [0, 0.1) is 17.9 Å². The molecule has 0 radical (unpaired) electrons. The zero-order valence-corrected chi connectivity index (χ0v) is 11.5. The van der Waals surface area contributed by atoms with E-state index in [1.54, 1.807) is 0 Å². The summed E-state index contributed by atoms with van der Waals surface area (Å²) in [6.07, 6.45) is -14.0. The van der Waals surface area contributed by atoms with Gasteiger partial charge in [0.15, 0.2) is 6.07 Å². The van der Waals surface area contributed by atoms with Crippen molar-refractivity contribution in [1.29, 1.82) is 5.26 Å². The first kappa shape index (κ1) is 19.7. The molecule has 0 saturated heterocycles. The molecule has 24 heavy (non-hydrogen) atoms. The summed E-state index contributed by atoms with van der Waals surface area (Å²) in [5, 5.41) is 11.8. The average Bonchev–Trinajstić information content (AvgIpc) is 2.90. The lowest BCUT2D eigenvalue weighted by atomic mass is 9.90. The average molecular weight is 361 g/mol. The summed E-state index contributed by atoms with van der Waals surface area (Å²) in [6.45, 7) is 6.84. The Kier molecular flexibility index (Phi) is 5.13. The molecule has 1 unspecified atom stereocenters. The number of aromatic nitrogens is 1. The third-order valence-electron chi connectivity index (χ3n) is 2.94. The smallest absolute Gasteiger partial charge is 0.354 e. The third kappa shape index (κ3) is 4.34. The predicted molar refractivity (Wildman–Crippen MR) is 60.4 cm³/mol. The summed E-state index contributed by atoms with van der Waals surface area (Å²) in [5.74, 6) is -7.24. The Balaban J connectivity index is 3.03. The maximum atomic E-state index is 13.0. The molecule has 0 aliphatic rings. The number of alkyl halides is 8.